The highest BCUT2D eigenvalue weighted by atomic mass is 16.1. The fourth-order valence-electron chi connectivity index (χ4n) is 2.78. The van der Waals surface area contributed by atoms with Gasteiger partial charge in [-0.1, -0.05) is 42.0 Å². The number of carbonyl (C=O) groups excluding carboxylic acids is 1. The molecule has 0 bridgehead atoms. The molecule has 1 heterocycles. The molecule has 1 unspecified atom stereocenters. The van der Waals surface area contributed by atoms with Crippen LogP contribution in [0, 0.1) is 6.92 Å². The number of carbonyl (C=O) groups is 1. The molecule has 128 valence electrons. The maximum atomic E-state index is 12.2. The minimum absolute atomic E-state index is 0.0326. The minimum Gasteiger partial charge on any atom is -0.350 e. The van der Waals surface area contributed by atoms with Crippen molar-refractivity contribution in [2.75, 3.05) is 0 Å². The van der Waals surface area contributed by atoms with Crippen LogP contribution in [-0.4, -0.2) is 20.7 Å². The van der Waals surface area contributed by atoms with Gasteiger partial charge in [0.25, 0.3) is 0 Å². The third kappa shape index (κ3) is 4.53. The SMILES string of the molecule is Cc1cccc(CCC(=O)NC(C)c2ccc(-n3cncn3)cc2)c1. The van der Waals surface area contributed by atoms with Gasteiger partial charge in [-0.05, 0) is 43.5 Å². The molecule has 5 nitrogen and oxygen atoms in total. The van der Waals surface area contributed by atoms with Crippen LogP contribution >= 0.6 is 0 Å². The Bertz CT molecular complexity index is 825. The number of hydrogen-bond donors (Lipinski definition) is 1. The molecule has 3 aromatic rings. The van der Waals surface area contributed by atoms with Gasteiger partial charge in [-0.25, -0.2) is 9.67 Å². The van der Waals surface area contributed by atoms with E-state index in [1.807, 2.05) is 37.3 Å². The lowest BCUT2D eigenvalue weighted by atomic mass is 10.1. The first-order valence-corrected chi connectivity index (χ1v) is 8.42. The van der Waals surface area contributed by atoms with Crippen LogP contribution in [0.4, 0.5) is 0 Å². The number of amides is 1. The number of benzene rings is 2. The normalized spacial score (nSPS) is 11.9. The van der Waals surface area contributed by atoms with Gasteiger partial charge in [0.05, 0.1) is 11.7 Å². The first kappa shape index (κ1) is 16.9. The van der Waals surface area contributed by atoms with E-state index in [1.165, 1.54) is 17.5 Å². The molecule has 0 saturated carbocycles. The predicted octanol–water partition coefficient (Wildman–Crippen LogP) is 3.39. The van der Waals surface area contributed by atoms with E-state index in [1.54, 1.807) is 11.0 Å². The van der Waals surface area contributed by atoms with Crippen LogP contribution in [0.3, 0.4) is 0 Å². The Morgan fingerprint density at radius 2 is 2.00 bits per heavy atom. The van der Waals surface area contributed by atoms with Gasteiger partial charge in [0.2, 0.25) is 5.91 Å². The molecule has 5 heteroatoms. The summed E-state index contributed by atoms with van der Waals surface area (Å²) in [5, 5.41) is 7.17. The molecular weight excluding hydrogens is 312 g/mol. The summed E-state index contributed by atoms with van der Waals surface area (Å²) in [6.45, 7) is 4.06. The predicted molar refractivity (Wildman–Crippen MR) is 97.4 cm³/mol. The summed E-state index contributed by atoms with van der Waals surface area (Å²) in [6, 6.07) is 16.2. The summed E-state index contributed by atoms with van der Waals surface area (Å²) >= 11 is 0. The quantitative estimate of drug-likeness (QED) is 0.752. The highest BCUT2D eigenvalue weighted by molar-refractivity contribution is 5.76. The molecule has 1 atom stereocenters. The molecule has 0 radical (unpaired) electrons. The Morgan fingerprint density at radius 1 is 1.20 bits per heavy atom. The van der Waals surface area contributed by atoms with Crippen LogP contribution < -0.4 is 5.32 Å². The molecule has 0 saturated heterocycles. The summed E-state index contributed by atoms with van der Waals surface area (Å²) < 4.78 is 1.70. The van der Waals surface area contributed by atoms with E-state index >= 15 is 0 Å². The zero-order chi connectivity index (χ0) is 17.6. The largest absolute Gasteiger partial charge is 0.350 e. The van der Waals surface area contributed by atoms with Crippen molar-refractivity contribution in [3.8, 4) is 5.69 Å². The van der Waals surface area contributed by atoms with Gasteiger partial charge in [0.15, 0.2) is 0 Å². The van der Waals surface area contributed by atoms with Gasteiger partial charge in [-0.3, -0.25) is 4.79 Å². The molecule has 3 rings (SSSR count). The minimum atomic E-state index is -0.0326. The molecule has 0 aliphatic rings. The molecule has 1 N–H and O–H groups in total. The molecule has 0 aliphatic heterocycles. The standard InChI is InChI=1S/C20H22N4O/c1-15-4-3-5-17(12-15)6-11-20(25)23-16(2)18-7-9-19(10-8-18)24-14-21-13-22-24/h3-5,7-10,12-14,16H,6,11H2,1-2H3,(H,23,25). The number of rotatable bonds is 6. The third-order valence-corrected chi connectivity index (χ3v) is 4.18. The van der Waals surface area contributed by atoms with Crippen LogP contribution in [0.2, 0.25) is 0 Å². The summed E-state index contributed by atoms with van der Waals surface area (Å²) in [5.74, 6) is 0.0642. The third-order valence-electron chi connectivity index (χ3n) is 4.18. The van der Waals surface area contributed by atoms with Gasteiger partial charge in [-0.2, -0.15) is 5.10 Å². The highest BCUT2D eigenvalue weighted by Gasteiger charge is 2.10. The van der Waals surface area contributed by atoms with Gasteiger partial charge in [0.1, 0.15) is 12.7 Å². The van der Waals surface area contributed by atoms with E-state index in [9.17, 15) is 4.79 Å². The maximum Gasteiger partial charge on any atom is 0.220 e. The van der Waals surface area contributed by atoms with Crippen LogP contribution in [0.15, 0.2) is 61.2 Å². The second-order valence-corrected chi connectivity index (χ2v) is 6.21. The Labute approximate surface area is 147 Å². The lowest BCUT2D eigenvalue weighted by molar-refractivity contribution is -0.121. The summed E-state index contributed by atoms with van der Waals surface area (Å²) in [6.07, 6.45) is 4.41. The van der Waals surface area contributed by atoms with Crippen molar-refractivity contribution >= 4 is 5.91 Å². The van der Waals surface area contributed by atoms with E-state index in [0.717, 1.165) is 17.7 Å². The molecule has 2 aromatic carbocycles. The molecule has 1 amide bonds. The van der Waals surface area contributed by atoms with Crippen molar-refractivity contribution in [3.05, 3.63) is 77.9 Å². The maximum absolute atomic E-state index is 12.2. The fourth-order valence-corrected chi connectivity index (χ4v) is 2.78. The highest BCUT2D eigenvalue weighted by Crippen LogP contribution is 2.15. The number of nitrogens with zero attached hydrogens (tertiary/aromatic N) is 3. The average Bonchev–Trinajstić information content (AvgIpc) is 3.15. The van der Waals surface area contributed by atoms with Crippen molar-refractivity contribution < 1.29 is 4.79 Å². The first-order chi connectivity index (χ1) is 12.1. The zero-order valence-corrected chi connectivity index (χ0v) is 14.5. The lowest BCUT2D eigenvalue weighted by Gasteiger charge is -2.15. The topological polar surface area (TPSA) is 59.8 Å². The van der Waals surface area contributed by atoms with Gasteiger partial charge in [-0.15, -0.1) is 0 Å². The Balaban J connectivity index is 1.54. The Kier molecular flexibility index (Phi) is 5.23. The lowest BCUT2D eigenvalue weighted by Crippen LogP contribution is -2.26. The van der Waals surface area contributed by atoms with Crippen molar-refractivity contribution in [3.63, 3.8) is 0 Å². The zero-order valence-electron chi connectivity index (χ0n) is 14.5. The number of hydrogen-bond acceptors (Lipinski definition) is 3. The van der Waals surface area contributed by atoms with Gasteiger partial charge < -0.3 is 5.32 Å². The molecule has 0 fully saturated rings. The van der Waals surface area contributed by atoms with Crippen LogP contribution in [-0.2, 0) is 11.2 Å². The Morgan fingerprint density at radius 3 is 2.68 bits per heavy atom. The van der Waals surface area contributed by atoms with Crippen molar-refractivity contribution in [1.82, 2.24) is 20.1 Å². The monoisotopic (exact) mass is 334 g/mol. The molecule has 0 aliphatic carbocycles. The fraction of sp³-hybridized carbons (Fsp3) is 0.250. The molecule has 0 spiro atoms. The number of aromatic nitrogens is 3. The number of nitrogens with one attached hydrogen (secondary N) is 1. The second-order valence-electron chi connectivity index (χ2n) is 6.21. The van der Waals surface area contributed by atoms with E-state index in [2.05, 4.69) is 40.5 Å². The number of aryl methyl sites for hydroxylation is 2. The smallest absolute Gasteiger partial charge is 0.220 e. The van der Waals surface area contributed by atoms with E-state index in [0.29, 0.717) is 6.42 Å². The van der Waals surface area contributed by atoms with E-state index in [-0.39, 0.29) is 11.9 Å². The van der Waals surface area contributed by atoms with Crippen molar-refractivity contribution in [1.29, 1.82) is 0 Å². The van der Waals surface area contributed by atoms with Gasteiger partial charge in [0, 0.05) is 6.42 Å². The van der Waals surface area contributed by atoms with Gasteiger partial charge >= 0.3 is 0 Å². The van der Waals surface area contributed by atoms with Crippen LogP contribution in [0.5, 0.6) is 0 Å². The molecule has 1 aromatic heterocycles. The summed E-state index contributed by atoms with van der Waals surface area (Å²) in [4.78, 5) is 16.1. The van der Waals surface area contributed by atoms with Crippen molar-refractivity contribution in [2.45, 2.75) is 32.7 Å². The van der Waals surface area contributed by atoms with Crippen molar-refractivity contribution in [2.24, 2.45) is 0 Å². The first-order valence-electron chi connectivity index (χ1n) is 8.42. The van der Waals surface area contributed by atoms with Crippen LogP contribution in [0.25, 0.3) is 5.69 Å². The van der Waals surface area contributed by atoms with Crippen LogP contribution in [0.1, 0.15) is 36.1 Å². The van der Waals surface area contributed by atoms with E-state index < -0.39 is 0 Å². The summed E-state index contributed by atoms with van der Waals surface area (Å²) in [5.41, 5.74) is 4.42. The summed E-state index contributed by atoms with van der Waals surface area (Å²) in [7, 11) is 0. The Hall–Kier alpha value is -2.95. The second kappa shape index (κ2) is 7.75. The average molecular weight is 334 g/mol. The van der Waals surface area contributed by atoms with E-state index in [4.69, 9.17) is 0 Å². The molecular formula is C20H22N4O. The molecule has 25 heavy (non-hydrogen) atoms.